The zero-order chi connectivity index (χ0) is 32.0. The van der Waals surface area contributed by atoms with E-state index in [1.807, 2.05) is 72.8 Å². The standard InChI is InChI=1S/C43H30N4/c1-43(2)37-24-23-31(26-36(37)39-33(27-44)19-12-22-38(39)43)34-20-9-10-21-35(34)42-46-40(29-15-7-4-8-16-29)45-41(47-42)32-18-11-17-30(25-32)28-13-5-3-6-14-28/h3-26H,1-2H3. The lowest BCUT2D eigenvalue weighted by molar-refractivity contribution is 0.660. The van der Waals surface area contributed by atoms with E-state index in [1.54, 1.807) is 0 Å². The zero-order valence-corrected chi connectivity index (χ0v) is 26.1. The van der Waals surface area contributed by atoms with Gasteiger partial charge in [0.15, 0.2) is 17.5 Å². The van der Waals surface area contributed by atoms with E-state index < -0.39 is 0 Å². The third-order valence-corrected chi connectivity index (χ3v) is 9.19. The van der Waals surface area contributed by atoms with E-state index in [0.717, 1.165) is 50.1 Å². The highest BCUT2D eigenvalue weighted by Crippen LogP contribution is 2.51. The maximum atomic E-state index is 10.0. The maximum absolute atomic E-state index is 10.0. The number of nitriles is 1. The molecule has 0 fully saturated rings. The summed E-state index contributed by atoms with van der Waals surface area (Å²) < 4.78 is 0. The Kier molecular flexibility index (Phi) is 6.82. The molecule has 0 atom stereocenters. The van der Waals surface area contributed by atoms with Crippen LogP contribution >= 0.6 is 0 Å². The monoisotopic (exact) mass is 602 g/mol. The summed E-state index contributed by atoms with van der Waals surface area (Å²) in [5, 5.41) is 10.0. The summed E-state index contributed by atoms with van der Waals surface area (Å²) in [4.78, 5) is 15.2. The lowest BCUT2D eigenvalue weighted by Gasteiger charge is -2.21. The first-order chi connectivity index (χ1) is 23.0. The van der Waals surface area contributed by atoms with Crippen molar-refractivity contribution in [3.8, 4) is 73.6 Å². The first-order valence-electron chi connectivity index (χ1n) is 15.8. The molecule has 47 heavy (non-hydrogen) atoms. The SMILES string of the molecule is CC1(C)c2ccc(-c3ccccc3-c3nc(-c4ccccc4)nc(-c4cccc(-c5ccccc5)c4)n3)cc2-c2c(C#N)cccc21. The number of nitrogens with zero attached hydrogens (tertiary/aromatic N) is 4. The Morgan fingerprint density at radius 1 is 0.447 bits per heavy atom. The molecule has 0 saturated carbocycles. The minimum absolute atomic E-state index is 0.197. The third kappa shape index (κ3) is 4.90. The summed E-state index contributed by atoms with van der Waals surface area (Å²) in [5.74, 6) is 1.84. The number of rotatable bonds is 5. The topological polar surface area (TPSA) is 62.5 Å². The van der Waals surface area contributed by atoms with Gasteiger partial charge in [-0.05, 0) is 57.1 Å². The second kappa shape index (κ2) is 11.3. The fourth-order valence-corrected chi connectivity index (χ4v) is 6.81. The Morgan fingerprint density at radius 3 is 1.79 bits per heavy atom. The van der Waals surface area contributed by atoms with Gasteiger partial charge in [-0.1, -0.05) is 141 Å². The van der Waals surface area contributed by atoms with Crippen LogP contribution in [0.2, 0.25) is 0 Å². The summed E-state index contributed by atoms with van der Waals surface area (Å²) in [6.45, 7) is 4.47. The Hall–Kier alpha value is -6.18. The van der Waals surface area contributed by atoms with Crippen molar-refractivity contribution in [1.29, 1.82) is 5.26 Å². The van der Waals surface area contributed by atoms with Gasteiger partial charge in [-0.2, -0.15) is 5.26 Å². The molecule has 1 aromatic heterocycles. The Labute approximate surface area is 274 Å². The molecule has 0 unspecified atom stereocenters. The number of benzene rings is 6. The van der Waals surface area contributed by atoms with Crippen LogP contribution in [-0.2, 0) is 5.41 Å². The van der Waals surface area contributed by atoms with Crippen LogP contribution in [0.25, 0.3) is 67.5 Å². The highest BCUT2D eigenvalue weighted by atomic mass is 15.0. The summed E-state index contributed by atoms with van der Waals surface area (Å²) in [5.41, 5.74) is 12.1. The van der Waals surface area contributed by atoms with Gasteiger partial charge >= 0.3 is 0 Å². The molecule has 0 saturated heterocycles. The fourth-order valence-electron chi connectivity index (χ4n) is 6.81. The minimum Gasteiger partial charge on any atom is -0.208 e. The molecule has 1 heterocycles. The minimum atomic E-state index is -0.197. The largest absolute Gasteiger partial charge is 0.208 e. The van der Waals surface area contributed by atoms with Gasteiger partial charge in [0.2, 0.25) is 0 Å². The van der Waals surface area contributed by atoms with Crippen LogP contribution in [0.1, 0.15) is 30.5 Å². The molecule has 0 amide bonds. The average Bonchev–Trinajstić information content (AvgIpc) is 3.38. The Balaban J connectivity index is 1.30. The number of fused-ring (bicyclic) bond motifs is 3. The molecule has 222 valence electrons. The molecule has 0 aliphatic heterocycles. The van der Waals surface area contributed by atoms with Gasteiger partial charge in [0.25, 0.3) is 0 Å². The van der Waals surface area contributed by atoms with Crippen molar-refractivity contribution < 1.29 is 0 Å². The first kappa shape index (κ1) is 28.3. The fraction of sp³-hybridized carbons (Fsp3) is 0.0698. The smallest absolute Gasteiger partial charge is 0.164 e. The van der Waals surface area contributed by atoms with Gasteiger partial charge in [0.05, 0.1) is 11.6 Å². The third-order valence-electron chi connectivity index (χ3n) is 9.19. The molecule has 6 aromatic carbocycles. The number of hydrogen-bond donors (Lipinski definition) is 0. The van der Waals surface area contributed by atoms with Crippen LogP contribution in [0, 0.1) is 11.3 Å². The van der Waals surface area contributed by atoms with Crippen molar-refractivity contribution in [1.82, 2.24) is 15.0 Å². The summed E-state index contributed by atoms with van der Waals surface area (Å²) in [6.07, 6.45) is 0. The summed E-state index contributed by atoms with van der Waals surface area (Å²) in [6, 6.07) is 52.1. The van der Waals surface area contributed by atoms with Crippen molar-refractivity contribution in [3.63, 3.8) is 0 Å². The lowest BCUT2D eigenvalue weighted by atomic mass is 9.82. The second-order valence-corrected chi connectivity index (χ2v) is 12.4. The summed E-state index contributed by atoms with van der Waals surface area (Å²) in [7, 11) is 0. The Morgan fingerprint density at radius 2 is 1.04 bits per heavy atom. The molecule has 1 aliphatic carbocycles. The average molecular weight is 603 g/mol. The van der Waals surface area contributed by atoms with Crippen molar-refractivity contribution in [2.45, 2.75) is 19.3 Å². The molecule has 0 radical (unpaired) electrons. The number of hydrogen-bond acceptors (Lipinski definition) is 4. The van der Waals surface area contributed by atoms with Crippen LogP contribution in [-0.4, -0.2) is 15.0 Å². The predicted octanol–water partition coefficient (Wildman–Crippen LogP) is 10.4. The van der Waals surface area contributed by atoms with Crippen LogP contribution < -0.4 is 0 Å². The van der Waals surface area contributed by atoms with Gasteiger partial charge in [-0.3, -0.25) is 0 Å². The van der Waals surface area contributed by atoms with Crippen molar-refractivity contribution in [2.75, 3.05) is 0 Å². The molecule has 7 aromatic rings. The summed E-state index contributed by atoms with van der Waals surface area (Å²) >= 11 is 0. The first-order valence-corrected chi connectivity index (χ1v) is 15.8. The van der Waals surface area contributed by atoms with Crippen molar-refractivity contribution in [3.05, 3.63) is 162 Å². The van der Waals surface area contributed by atoms with Crippen LogP contribution in [0.4, 0.5) is 0 Å². The normalized spacial score (nSPS) is 12.6. The van der Waals surface area contributed by atoms with Crippen molar-refractivity contribution in [2.24, 2.45) is 0 Å². The van der Waals surface area contributed by atoms with Crippen molar-refractivity contribution >= 4 is 0 Å². The van der Waals surface area contributed by atoms with Gasteiger partial charge in [-0.25, -0.2) is 15.0 Å². The number of aromatic nitrogens is 3. The van der Waals surface area contributed by atoms with Gasteiger partial charge in [0, 0.05) is 27.7 Å². The maximum Gasteiger partial charge on any atom is 0.164 e. The molecule has 8 rings (SSSR count). The second-order valence-electron chi connectivity index (χ2n) is 12.4. The van der Waals surface area contributed by atoms with Gasteiger partial charge < -0.3 is 0 Å². The van der Waals surface area contributed by atoms with Crippen LogP contribution in [0.15, 0.2) is 146 Å². The Bertz CT molecular complexity index is 2330. The molecule has 4 heteroatoms. The van der Waals surface area contributed by atoms with E-state index in [4.69, 9.17) is 15.0 Å². The molecule has 1 aliphatic rings. The van der Waals surface area contributed by atoms with Crippen LogP contribution in [0.3, 0.4) is 0 Å². The molecule has 0 N–H and O–H groups in total. The van der Waals surface area contributed by atoms with Gasteiger partial charge in [0.1, 0.15) is 0 Å². The van der Waals surface area contributed by atoms with E-state index in [1.165, 1.54) is 11.1 Å². The molecular formula is C43H30N4. The van der Waals surface area contributed by atoms with E-state index in [-0.39, 0.29) is 5.41 Å². The molecule has 4 nitrogen and oxygen atoms in total. The molecular weight excluding hydrogens is 573 g/mol. The quantitative estimate of drug-likeness (QED) is 0.197. The van der Waals surface area contributed by atoms with Crippen LogP contribution in [0.5, 0.6) is 0 Å². The van der Waals surface area contributed by atoms with E-state index in [9.17, 15) is 5.26 Å². The highest BCUT2D eigenvalue weighted by Gasteiger charge is 2.37. The molecule has 0 bridgehead atoms. The van der Waals surface area contributed by atoms with E-state index in [0.29, 0.717) is 23.0 Å². The predicted molar refractivity (Wildman–Crippen MR) is 189 cm³/mol. The van der Waals surface area contributed by atoms with E-state index in [2.05, 4.69) is 92.7 Å². The van der Waals surface area contributed by atoms with E-state index >= 15 is 0 Å². The highest BCUT2D eigenvalue weighted by molar-refractivity contribution is 5.90. The molecule has 0 spiro atoms. The van der Waals surface area contributed by atoms with Gasteiger partial charge in [-0.15, -0.1) is 0 Å². The zero-order valence-electron chi connectivity index (χ0n) is 26.1. The lowest BCUT2D eigenvalue weighted by Crippen LogP contribution is -2.14.